The first-order valence-electron chi connectivity index (χ1n) is 5.08. The first-order valence-corrected chi connectivity index (χ1v) is 5.46. The van der Waals surface area contributed by atoms with E-state index in [0.717, 1.165) is 12.3 Å². The number of hydrogen-bond donors (Lipinski definition) is 2. The van der Waals surface area contributed by atoms with Crippen LogP contribution in [0, 0.1) is 10.1 Å². The number of benzene rings is 1. The molecule has 0 heterocycles. The van der Waals surface area contributed by atoms with Crippen molar-refractivity contribution in [2.24, 2.45) is 5.10 Å². The molecule has 1 aromatic rings. The lowest BCUT2D eigenvalue weighted by atomic mass is 10.2. The van der Waals surface area contributed by atoms with E-state index in [1.165, 1.54) is 6.07 Å². The Balaban J connectivity index is 2.92. The second kappa shape index (κ2) is 6.55. The number of nitro groups is 1. The summed E-state index contributed by atoms with van der Waals surface area (Å²) in [5.41, 5.74) is 1.46. The van der Waals surface area contributed by atoms with Crippen molar-refractivity contribution < 1.29 is 19.6 Å². The van der Waals surface area contributed by atoms with Gasteiger partial charge in [-0.1, -0.05) is 11.6 Å². The van der Waals surface area contributed by atoms with Crippen molar-refractivity contribution in [2.45, 2.75) is 6.92 Å². The number of carbonyl (C=O) groups excluding carboxylic acids is 1. The molecular formula is C10H10ClN3O5. The molecule has 9 heteroatoms. The second-order valence-corrected chi connectivity index (χ2v) is 3.65. The maximum Gasteiger partial charge on any atom is 0.427 e. The molecule has 0 aliphatic heterocycles. The van der Waals surface area contributed by atoms with Gasteiger partial charge in [0, 0.05) is 16.7 Å². The van der Waals surface area contributed by atoms with E-state index >= 15 is 0 Å². The van der Waals surface area contributed by atoms with Crippen LogP contribution in [0.15, 0.2) is 17.2 Å². The number of hydrazone groups is 1. The van der Waals surface area contributed by atoms with Crippen LogP contribution in [0.3, 0.4) is 0 Å². The van der Waals surface area contributed by atoms with Crippen molar-refractivity contribution in [1.29, 1.82) is 0 Å². The Morgan fingerprint density at radius 3 is 2.95 bits per heavy atom. The van der Waals surface area contributed by atoms with Gasteiger partial charge in [0.05, 0.1) is 17.7 Å². The summed E-state index contributed by atoms with van der Waals surface area (Å²) < 4.78 is 4.54. The van der Waals surface area contributed by atoms with Crippen LogP contribution in [0.4, 0.5) is 10.5 Å². The van der Waals surface area contributed by atoms with Crippen molar-refractivity contribution >= 4 is 29.6 Å². The SMILES string of the molecule is CCOC(=O)NN=Cc1cc(Cl)cc([N+](=O)[O-])c1O. The summed E-state index contributed by atoms with van der Waals surface area (Å²) in [6.07, 6.45) is 0.236. The van der Waals surface area contributed by atoms with Gasteiger partial charge in [0.25, 0.3) is 0 Å². The third-order valence-corrected chi connectivity index (χ3v) is 2.13. The molecule has 0 aliphatic rings. The number of nitro benzene ring substituents is 1. The molecule has 0 aliphatic carbocycles. The average Bonchev–Trinajstić information content (AvgIpc) is 2.33. The smallest absolute Gasteiger partial charge is 0.427 e. The van der Waals surface area contributed by atoms with E-state index in [1.54, 1.807) is 6.92 Å². The summed E-state index contributed by atoms with van der Waals surface area (Å²) >= 11 is 5.67. The Morgan fingerprint density at radius 2 is 2.37 bits per heavy atom. The molecule has 19 heavy (non-hydrogen) atoms. The lowest BCUT2D eigenvalue weighted by molar-refractivity contribution is -0.385. The number of phenolic OH excluding ortho intramolecular Hbond substituents is 1. The fraction of sp³-hybridized carbons (Fsp3) is 0.200. The van der Waals surface area contributed by atoms with Crippen LogP contribution in [-0.2, 0) is 4.74 Å². The predicted octanol–water partition coefficient (Wildman–Crippen LogP) is 2.03. The summed E-state index contributed by atoms with van der Waals surface area (Å²) in [6, 6.07) is 2.27. The molecule has 0 aromatic heterocycles. The van der Waals surface area contributed by atoms with E-state index in [-0.39, 0.29) is 17.2 Å². The van der Waals surface area contributed by atoms with Gasteiger partial charge in [-0.05, 0) is 13.0 Å². The number of rotatable bonds is 4. The van der Waals surface area contributed by atoms with E-state index in [1.807, 2.05) is 5.43 Å². The minimum absolute atomic E-state index is 0.00371. The number of amides is 1. The van der Waals surface area contributed by atoms with Gasteiger partial charge in [-0.15, -0.1) is 0 Å². The molecule has 0 saturated carbocycles. The van der Waals surface area contributed by atoms with Crippen molar-refractivity contribution in [2.75, 3.05) is 6.61 Å². The third-order valence-electron chi connectivity index (χ3n) is 1.92. The molecule has 0 unspecified atom stereocenters. The molecule has 0 radical (unpaired) electrons. The van der Waals surface area contributed by atoms with Gasteiger partial charge < -0.3 is 9.84 Å². The molecule has 0 atom stereocenters. The van der Waals surface area contributed by atoms with Crippen LogP contribution in [0.25, 0.3) is 0 Å². The molecule has 102 valence electrons. The highest BCUT2D eigenvalue weighted by Crippen LogP contribution is 2.32. The number of nitrogens with zero attached hydrogens (tertiary/aromatic N) is 2. The van der Waals surface area contributed by atoms with E-state index in [2.05, 4.69) is 9.84 Å². The molecular weight excluding hydrogens is 278 g/mol. The number of phenols is 1. The summed E-state index contributed by atoms with van der Waals surface area (Å²) in [5.74, 6) is -0.594. The summed E-state index contributed by atoms with van der Waals surface area (Å²) in [6.45, 7) is 1.80. The number of hydrogen-bond acceptors (Lipinski definition) is 6. The highest BCUT2D eigenvalue weighted by molar-refractivity contribution is 6.31. The van der Waals surface area contributed by atoms with E-state index in [4.69, 9.17) is 11.6 Å². The Labute approximate surface area is 112 Å². The fourth-order valence-electron chi connectivity index (χ4n) is 1.16. The highest BCUT2D eigenvalue weighted by Gasteiger charge is 2.17. The predicted molar refractivity (Wildman–Crippen MR) is 67.5 cm³/mol. The lowest BCUT2D eigenvalue weighted by Crippen LogP contribution is -2.18. The largest absolute Gasteiger partial charge is 0.502 e. The number of nitrogens with one attached hydrogen (secondary N) is 1. The van der Waals surface area contributed by atoms with E-state index < -0.39 is 22.5 Å². The number of ether oxygens (including phenoxy) is 1. The Hall–Kier alpha value is -2.35. The van der Waals surface area contributed by atoms with Gasteiger partial charge in [0.1, 0.15) is 0 Å². The molecule has 1 rings (SSSR count). The Morgan fingerprint density at radius 1 is 1.68 bits per heavy atom. The van der Waals surface area contributed by atoms with Crippen molar-refractivity contribution in [3.05, 3.63) is 32.8 Å². The van der Waals surface area contributed by atoms with Crippen molar-refractivity contribution in [3.63, 3.8) is 0 Å². The zero-order valence-electron chi connectivity index (χ0n) is 9.79. The maximum absolute atomic E-state index is 10.9. The molecule has 0 fully saturated rings. The van der Waals surface area contributed by atoms with Crippen LogP contribution in [0.5, 0.6) is 5.75 Å². The van der Waals surface area contributed by atoms with Gasteiger partial charge in [-0.2, -0.15) is 5.10 Å². The standard InChI is InChI=1S/C10H10ClN3O5/c1-2-19-10(16)13-12-5-6-3-7(11)4-8(9(6)15)14(17)18/h3-5,15H,2H2,1H3,(H,13,16). The van der Waals surface area contributed by atoms with Crippen LogP contribution < -0.4 is 5.43 Å². The number of carbonyl (C=O) groups is 1. The molecule has 8 nitrogen and oxygen atoms in total. The first kappa shape index (κ1) is 14.7. The molecule has 2 N–H and O–H groups in total. The van der Waals surface area contributed by atoms with Crippen LogP contribution in [0.1, 0.15) is 12.5 Å². The fourth-order valence-corrected chi connectivity index (χ4v) is 1.38. The molecule has 0 saturated heterocycles. The first-order chi connectivity index (χ1) is 8.95. The summed E-state index contributed by atoms with van der Waals surface area (Å²) in [7, 11) is 0. The third kappa shape index (κ3) is 4.11. The molecule has 0 bridgehead atoms. The maximum atomic E-state index is 10.9. The van der Waals surface area contributed by atoms with E-state index in [0.29, 0.717) is 0 Å². The molecule has 0 spiro atoms. The second-order valence-electron chi connectivity index (χ2n) is 3.21. The molecule has 1 aromatic carbocycles. The minimum Gasteiger partial charge on any atom is -0.502 e. The number of halogens is 1. The van der Waals surface area contributed by atoms with Crippen LogP contribution in [-0.4, -0.2) is 28.9 Å². The van der Waals surface area contributed by atoms with Crippen LogP contribution in [0.2, 0.25) is 5.02 Å². The van der Waals surface area contributed by atoms with Gasteiger partial charge in [-0.25, -0.2) is 10.2 Å². The van der Waals surface area contributed by atoms with Gasteiger partial charge >= 0.3 is 11.8 Å². The minimum atomic E-state index is -0.783. The topological polar surface area (TPSA) is 114 Å². The van der Waals surface area contributed by atoms with Crippen molar-refractivity contribution in [1.82, 2.24) is 5.43 Å². The highest BCUT2D eigenvalue weighted by atomic mass is 35.5. The monoisotopic (exact) mass is 287 g/mol. The van der Waals surface area contributed by atoms with E-state index in [9.17, 15) is 20.0 Å². The normalized spacial score (nSPS) is 10.4. The lowest BCUT2D eigenvalue weighted by Gasteiger charge is -2.02. The van der Waals surface area contributed by atoms with Crippen molar-refractivity contribution in [3.8, 4) is 5.75 Å². The Kier molecular flexibility index (Phi) is 5.07. The van der Waals surface area contributed by atoms with Gasteiger partial charge in [0.15, 0.2) is 0 Å². The number of aromatic hydroxyl groups is 1. The van der Waals surface area contributed by atoms with Gasteiger partial charge in [-0.3, -0.25) is 10.1 Å². The zero-order chi connectivity index (χ0) is 14.4. The van der Waals surface area contributed by atoms with Gasteiger partial charge in [0.2, 0.25) is 5.75 Å². The summed E-state index contributed by atoms with van der Waals surface area (Å²) in [5, 5.41) is 23.8. The Bertz CT molecular complexity index is 532. The quantitative estimate of drug-likeness (QED) is 0.499. The zero-order valence-corrected chi connectivity index (χ0v) is 10.5. The molecule has 1 amide bonds. The van der Waals surface area contributed by atoms with Crippen LogP contribution >= 0.6 is 11.6 Å². The average molecular weight is 288 g/mol. The summed E-state index contributed by atoms with van der Waals surface area (Å²) in [4.78, 5) is 20.8.